The summed E-state index contributed by atoms with van der Waals surface area (Å²) in [6, 6.07) is 12.7. The molecule has 1 aliphatic heterocycles. The van der Waals surface area contributed by atoms with Gasteiger partial charge in [0.05, 0.1) is 5.92 Å². The van der Waals surface area contributed by atoms with E-state index in [-0.39, 0.29) is 17.7 Å². The third kappa shape index (κ3) is 4.37. The van der Waals surface area contributed by atoms with E-state index in [1.54, 1.807) is 30.2 Å². The average molecular weight is 405 g/mol. The second kappa shape index (κ2) is 8.86. The van der Waals surface area contributed by atoms with E-state index < -0.39 is 0 Å². The molecule has 1 N–H and O–H groups in total. The van der Waals surface area contributed by atoms with Crippen LogP contribution in [0.15, 0.2) is 53.2 Å². The van der Waals surface area contributed by atoms with Gasteiger partial charge in [0, 0.05) is 37.0 Å². The van der Waals surface area contributed by atoms with E-state index >= 15 is 0 Å². The van der Waals surface area contributed by atoms with Crippen LogP contribution in [0, 0.1) is 0 Å². The maximum Gasteiger partial charge on any atom is 0.272 e. The lowest BCUT2D eigenvalue weighted by molar-refractivity contribution is -0.115. The van der Waals surface area contributed by atoms with Gasteiger partial charge in [0.25, 0.3) is 5.91 Å². The maximum absolute atomic E-state index is 12.7. The Hall–Kier alpha value is -3.55. The molecule has 154 valence electrons. The molecule has 2 aromatic heterocycles. The lowest BCUT2D eigenvalue weighted by Gasteiger charge is -2.30. The number of carbonyl (C=O) groups excluding carboxylic acids is 2. The number of carbonyl (C=O) groups is 2. The van der Waals surface area contributed by atoms with Gasteiger partial charge in [-0.1, -0.05) is 30.3 Å². The summed E-state index contributed by atoms with van der Waals surface area (Å²) in [5.74, 6) is 0.827. The molecule has 3 aromatic rings. The molecule has 0 bridgehead atoms. The molecule has 30 heavy (non-hydrogen) atoms. The molecular weight excluding hydrogens is 382 g/mol. The van der Waals surface area contributed by atoms with Gasteiger partial charge in [0.1, 0.15) is 5.69 Å². The first-order chi connectivity index (χ1) is 14.6. The minimum atomic E-state index is -0.0839. The van der Waals surface area contributed by atoms with E-state index in [1.165, 1.54) is 0 Å². The monoisotopic (exact) mass is 405 g/mol. The molecule has 8 heteroatoms. The summed E-state index contributed by atoms with van der Waals surface area (Å²) in [5, 5.41) is 6.95. The van der Waals surface area contributed by atoms with Crippen LogP contribution in [0.3, 0.4) is 0 Å². The smallest absolute Gasteiger partial charge is 0.272 e. The van der Waals surface area contributed by atoms with Crippen molar-refractivity contribution in [2.45, 2.75) is 32.1 Å². The van der Waals surface area contributed by atoms with Crippen LogP contribution >= 0.6 is 0 Å². The topological polar surface area (TPSA) is 101 Å². The fourth-order valence-corrected chi connectivity index (χ4v) is 3.52. The van der Waals surface area contributed by atoms with Crippen LogP contribution in [-0.4, -0.2) is 44.9 Å². The van der Waals surface area contributed by atoms with Crippen LogP contribution in [0.2, 0.25) is 0 Å². The Labute approximate surface area is 174 Å². The standard InChI is InChI=1S/C22H23N5O3/c1-2-19(28)24-17-9-5-7-15(13-17)20-25-21(30-26-20)16-8-6-12-27(14-16)22(29)18-10-3-4-11-23-18/h3-5,7,9-11,13,16H,2,6,8,12,14H2,1H3,(H,24,28)/t16-/m0/s1. The molecule has 2 amide bonds. The Bertz CT molecular complexity index is 1030. The lowest BCUT2D eigenvalue weighted by Crippen LogP contribution is -2.39. The quantitative estimate of drug-likeness (QED) is 0.697. The summed E-state index contributed by atoms with van der Waals surface area (Å²) in [6.07, 6.45) is 3.77. The van der Waals surface area contributed by atoms with Crippen LogP contribution in [0.25, 0.3) is 11.4 Å². The summed E-state index contributed by atoms with van der Waals surface area (Å²) in [7, 11) is 0. The van der Waals surface area contributed by atoms with Crippen molar-refractivity contribution in [1.29, 1.82) is 0 Å². The number of likely N-dealkylation sites (tertiary alicyclic amines) is 1. The zero-order valence-electron chi connectivity index (χ0n) is 16.7. The van der Waals surface area contributed by atoms with E-state index in [9.17, 15) is 9.59 Å². The van der Waals surface area contributed by atoms with E-state index in [2.05, 4.69) is 20.4 Å². The first-order valence-electron chi connectivity index (χ1n) is 10.1. The third-order valence-electron chi connectivity index (χ3n) is 5.11. The zero-order valence-corrected chi connectivity index (χ0v) is 16.7. The fourth-order valence-electron chi connectivity index (χ4n) is 3.52. The highest BCUT2D eigenvalue weighted by Crippen LogP contribution is 2.29. The first kappa shape index (κ1) is 19.8. The van der Waals surface area contributed by atoms with Gasteiger partial charge >= 0.3 is 0 Å². The highest BCUT2D eigenvalue weighted by atomic mass is 16.5. The summed E-state index contributed by atoms with van der Waals surface area (Å²) in [6.45, 7) is 3.01. The molecule has 0 spiro atoms. The van der Waals surface area contributed by atoms with Crippen molar-refractivity contribution in [3.8, 4) is 11.4 Å². The molecule has 3 heterocycles. The predicted molar refractivity (Wildman–Crippen MR) is 111 cm³/mol. The number of nitrogens with zero attached hydrogens (tertiary/aromatic N) is 4. The Kier molecular flexibility index (Phi) is 5.83. The maximum atomic E-state index is 12.7. The van der Waals surface area contributed by atoms with Crippen LogP contribution in [0.4, 0.5) is 5.69 Å². The van der Waals surface area contributed by atoms with Crippen molar-refractivity contribution in [1.82, 2.24) is 20.0 Å². The number of nitrogens with one attached hydrogen (secondary N) is 1. The summed E-state index contributed by atoms with van der Waals surface area (Å²) < 4.78 is 5.53. The predicted octanol–water partition coefficient (Wildman–Crippen LogP) is 3.50. The molecule has 1 fully saturated rings. The SMILES string of the molecule is CCC(=O)Nc1cccc(-c2noc([C@H]3CCCN(C(=O)c4ccccn4)C3)n2)c1. The van der Waals surface area contributed by atoms with E-state index in [0.29, 0.717) is 42.6 Å². The highest BCUT2D eigenvalue weighted by Gasteiger charge is 2.29. The molecule has 1 aromatic carbocycles. The van der Waals surface area contributed by atoms with Gasteiger partial charge in [-0.15, -0.1) is 0 Å². The number of hydrogen-bond donors (Lipinski definition) is 1. The van der Waals surface area contributed by atoms with Crippen molar-refractivity contribution in [3.63, 3.8) is 0 Å². The molecule has 0 unspecified atom stereocenters. The van der Waals surface area contributed by atoms with Crippen LogP contribution in [0.5, 0.6) is 0 Å². The normalized spacial score (nSPS) is 16.3. The van der Waals surface area contributed by atoms with Crippen molar-refractivity contribution in [2.24, 2.45) is 0 Å². The van der Waals surface area contributed by atoms with Gasteiger partial charge in [-0.2, -0.15) is 4.98 Å². The van der Waals surface area contributed by atoms with Crippen molar-refractivity contribution < 1.29 is 14.1 Å². The van der Waals surface area contributed by atoms with Gasteiger partial charge < -0.3 is 14.7 Å². The number of pyridine rings is 1. The number of piperidine rings is 1. The lowest BCUT2D eigenvalue weighted by atomic mass is 9.97. The molecule has 1 atom stereocenters. The highest BCUT2D eigenvalue weighted by molar-refractivity contribution is 5.92. The minimum Gasteiger partial charge on any atom is -0.339 e. The second-order valence-electron chi connectivity index (χ2n) is 7.24. The Morgan fingerprint density at radius 3 is 2.93 bits per heavy atom. The van der Waals surface area contributed by atoms with Crippen LogP contribution < -0.4 is 5.32 Å². The fraction of sp³-hybridized carbons (Fsp3) is 0.318. The van der Waals surface area contributed by atoms with Crippen molar-refractivity contribution >= 4 is 17.5 Å². The Morgan fingerprint density at radius 2 is 2.13 bits per heavy atom. The average Bonchev–Trinajstić information content (AvgIpc) is 3.30. The number of rotatable bonds is 5. The third-order valence-corrected chi connectivity index (χ3v) is 5.11. The number of hydrogen-bond acceptors (Lipinski definition) is 6. The zero-order chi connectivity index (χ0) is 20.9. The second-order valence-corrected chi connectivity index (χ2v) is 7.24. The molecule has 0 aliphatic carbocycles. The van der Waals surface area contributed by atoms with E-state index in [4.69, 9.17) is 4.52 Å². The molecule has 1 saturated heterocycles. The summed E-state index contributed by atoms with van der Waals surface area (Å²) in [5.41, 5.74) is 1.89. The van der Waals surface area contributed by atoms with Gasteiger partial charge in [-0.25, -0.2) is 0 Å². The molecule has 0 saturated carbocycles. The van der Waals surface area contributed by atoms with Gasteiger partial charge in [-0.3, -0.25) is 14.6 Å². The van der Waals surface area contributed by atoms with Crippen LogP contribution in [0.1, 0.15) is 48.5 Å². The number of amides is 2. The Morgan fingerprint density at radius 1 is 1.23 bits per heavy atom. The molecule has 8 nitrogen and oxygen atoms in total. The first-order valence-corrected chi connectivity index (χ1v) is 10.1. The minimum absolute atomic E-state index is 0.0179. The molecule has 4 rings (SSSR count). The van der Waals surface area contributed by atoms with Gasteiger partial charge in [-0.05, 0) is 37.1 Å². The number of benzene rings is 1. The number of aromatic nitrogens is 3. The Balaban J connectivity index is 1.48. The van der Waals surface area contributed by atoms with Gasteiger partial charge in [0.15, 0.2) is 0 Å². The van der Waals surface area contributed by atoms with E-state index in [1.807, 2.05) is 30.3 Å². The van der Waals surface area contributed by atoms with Crippen molar-refractivity contribution in [3.05, 3.63) is 60.2 Å². The largest absolute Gasteiger partial charge is 0.339 e. The van der Waals surface area contributed by atoms with Gasteiger partial charge in [0.2, 0.25) is 17.6 Å². The summed E-state index contributed by atoms with van der Waals surface area (Å²) in [4.78, 5) is 34.9. The van der Waals surface area contributed by atoms with Crippen LogP contribution in [-0.2, 0) is 4.79 Å². The molecule has 1 aliphatic rings. The van der Waals surface area contributed by atoms with E-state index in [0.717, 1.165) is 18.4 Å². The summed E-state index contributed by atoms with van der Waals surface area (Å²) >= 11 is 0. The number of anilines is 1. The van der Waals surface area contributed by atoms with Crippen molar-refractivity contribution in [2.75, 3.05) is 18.4 Å². The molecular formula is C22H23N5O3. The molecule has 0 radical (unpaired) electrons.